The Balaban J connectivity index is 2.15. The summed E-state index contributed by atoms with van der Waals surface area (Å²) in [6.45, 7) is 3.82. The van der Waals surface area contributed by atoms with Gasteiger partial charge in [-0.05, 0) is 42.8 Å². The Hall–Kier alpha value is -1.68. The topological polar surface area (TPSA) is 39.2 Å². The van der Waals surface area contributed by atoms with Crippen molar-refractivity contribution in [3.05, 3.63) is 52.3 Å². The van der Waals surface area contributed by atoms with Crippen LogP contribution in [0.15, 0.2) is 41.0 Å². The summed E-state index contributed by atoms with van der Waals surface area (Å²) in [4.78, 5) is 15.6. The lowest BCUT2D eigenvalue weighted by atomic mass is 10.2. The lowest BCUT2D eigenvalue weighted by molar-refractivity contribution is 0.0983. The standard InChI is InChI=1S/C15H14BrNO2/c1-3-15(18)14-7-5-12(9-17-14)19-11-4-6-13(16)10(2)8-11/h4-9H,3H2,1-2H3. The number of hydrogen-bond acceptors (Lipinski definition) is 3. The monoisotopic (exact) mass is 319 g/mol. The molecule has 2 rings (SSSR count). The molecule has 0 aliphatic heterocycles. The Bertz CT molecular complexity index is 594. The Morgan fingerprint density at radius 1 is 1.26 bits per heavy atom. The molecule has 0 saturated heterocycles. The van der Waals surface area contributed by atoms with E-state index in [9.17, 15) is 4.79 Å². The second kappa shape index (κ2) is 5.97. The third-order valence-electron chi connectivity index (χ3n) is 2.71. The number of carbonyl (C=O) groups excluding carboxylic acids is 1. The van der Waals surface area contributed by atoms with E-state index in [0.29, 0.717) is 17.9 Å². The molecule has 0 unspecified atom stereocenters. The van der Waals surface area contributed by atoms with Gasteiger partial charge < -0.3 is 4.74 Å². The van der Waals surface area contributed by atoms with Gasteiger partial charge in [-0.3, -0.25) is 4.79 Å². The smallest absolute Gasteiger partial charge is 0.180 e. The average Bonchev–Trinajstić information content (AvgIpc) is 2.43. The summed E-state index contributed by atoms with van der Waals surface area (Å²) in [5.41, 5.74) is 1.57. The van der Waals surface area contributed by atoms with Crippen molar-refractivity contribution in [1.82, 2.24) is 4.98 Å². The molecule has 3 nitrogen and oxygen atoms in total. The third kappa shape index (κ3) is 3.41. The first kappa shape index (κ1) is 13.7. The molecule has 0 aliphatic carbocycles. The third-order valence-corrected chi connectivity index (χ3v) is 3.60. The number of ether oxygens (including phenoxy) is 1. The normalized spacial score (nSPS) is 10.3. The first-order valence-electron chi connectivity index (χ1n) is 6.03. The fourth-order valence-corrected chi connectivity index (χ4v) is 1.85. The fourth-order valence-electron chi connectivity index (χ4n) is 1.60. The lowest BCUT2D eigenvalue weighted by Crippen LogP contribution is -1.99. The van der Waals surface area contributed by atoms with E-state index in [1.165, 1.54) is 0 Å². The summed E-state index contributed by atoms with van der Waals surface area (Å²) >= 11 is 3.44. The van der Waals surface area contributed by atoms with E-state index in [1.807, 2.05) is 32.0 Å². The van der Waals surface area contributed by atoms with E-state index < -0.39 is 0 Å². The van der Waals surface area contributed by atoms with Crippen molar-refractivity contribution < 1.29 is 9.53 Å². The number of Topliss-reactive ketones (excluding diaryl/α,β-unsaturated/α-hetero) is 1. The summed E-state index contributed by atoms with van der Waals surface area (Å²) in [6, 6.07) is 9.20. The minimum atomic E-state index is 0.0334. The van der Waals surface area contributed by atoms with Crippen LogP contribution in [0.5, 0.6) is 11.5 Å². The minimum Gasteiger partial charge on any atom is -0.456 e. The lowest BCUT2D eigenvalue weighted by Gasteiger charge is -2.07. The van der Waals surface area contributed by atoms with E-state index in [1.54, 1.807) is 18.3 Å². The van der Waals surface area contributed by atoms with Crippen molar-refractivity contribution in [3.63, 3.8) is 0 Å². The second-order valence-electron chi connectivity index (χ2n) is 4.17. The van der Waals surface area contributed by atoms with Crippen molar-refractivity contribution >= 4 is 21.7 Å². The molecule has 1 heterocycles. The van der Waals surface area contributed by atoms with E-state index in [4.69, 9.17) is 4.74 Å². The second-order valence-corrected chi connectivity index (χ2v) is 5.02. The number of rotatable bonds is 4. The van der Waals surface area contributed by atoms with Gasteiger partial charge in [0.25, 0.3) is 0 Å². The molecule has 0 N–H and O–H groups in total. The maximum atomic E-state index is 11.5. The van der Waals surface area contributed by atoms with Crippen molar-refractivity contribution in [2.24, 2.45) is 0 Å². The summed E-state index contributed by atoms with van der Waals surface area (Å²) in [6.07, 6.45) is 2.03. The maximum Gasteiger partial charge on any atom is 0.180 e. The van der Waals surface area contributed by atoms with E-state index >= 15 is 0 Å². The number of benzene rings is 1. The fraction of sp³-hybridized carbons (Fsp3) is 0.200. The molecule has 98 valence electrons. The van der Waals surface area contributed by atoms with Crippen molar-refractivity contribution in [3.8, 4) is 11.5 Å². The molecule has 0 atom stereocenters. The Kier molecular flexibility index (Phi) is 4.32. The highest BCUT2D eigenvalue weighted by Crippen LogP contribution is 2.25. The Labute approximate surface area is 120 Å². The van der Waals surface area contributed by atoms with E-state index in [0.717, 1.165) is 15.8 Å². The van der Waals surface area contributed by atoms with Crippen LogP contribution >= 0.6 is 15.9 Å². The predicted octanol–water partition coefficient (Wildman–Crippen LogP) is 4.54. The molecule has 4 heteroatoms. The van der Waals surface area contributed by atoms with Crippen LogP contribution in [0.1, 0.15) is 29.4 Å². The number of hydrogen-bond donors (Lipinski definition) is 0. The van der Waals surface area contributed by atoms with Gasteiger partial charge in [0.15, 0.2) is 5.78 Å². The van der Waals surface area contributed by atoms with Gasteiger partial charge in [0.05, 0.1) is 6.20 Å². The van der Waals surface area contributed by atoms with Crippen LogP contribution < -0.4 is 4.74 Å². The number of aromatic nitrogens is 1. The molecule has 19 heavy (non-hydrogen) atoms. The molecular weight excluding hydrogens is 306 g/mol. The highest BCUT2D eigenvalue weighted by atomic mass is 79.9. The van der Waals surface area contributed by atoms with Crippen molar-refractivity contribution in [1.29, 1.82) is 0 Å². The zero-order chi connectivity index (χ0) is 13.8. The van der Waals surface area contributed by atoms with Gasteiger partial charge in [0.1, 0.15) is 17.2 Å². The maximum absolute atomic E-state index is 11.5. The molecule has 0 saturated carbocycles. The van der Waals surface area contributed by atoms with E-state index in [-0.39, 0.29) is 5.78 Å². The van der Waals surface area contributed by atoms with Crippen LogP contribution in [0.2, 0.25) is 0 Å². The Morgan fingerprint density at radius 3 is 2.58 bits per heavy atom. The number of halogens is 1. The quantitative estimate of drug-likeness (QED) is 0.777. The summed E-state index contributed by atoms with van der Waals surface area (Å²) < 4.78 is 6.73. The van der Waals surface area contributed by atoms with Crippen LogP contribution in [0, 0.1) is 6.92 Å². The van der Waals surface area contributed by atoms with Crippen LogP contribution in [0.25, 0.3) is 0 Å². The van der Waals surface area contributed by atoms with Crippen LogP contribution in [0.3, 0.4) is 0 Å². The molecule has 0 radical (unpaired) electrons. The van der Waals surface area contributed by atoms with Gasteiger partial charge in [0.2, 0.25) is 0 Å². The van der Waals surface area contributed by atoms with Crippen LogP contribution in [-0.4, -0.2) is 10.8 Å². The number of ketones is 1. The van der Waals surface area contributed by atoms with Gasteiger partial charge in [0, 0.05) is 10.9 Å². The first-order chi connectivity index (χ1) is 9.10. The molecule has 1 aromatic heterocycles. The summed E-state index contributed by atoms with van der Waals surface area (Å²) in [7, 11) is 0. The van der Waals surface area contributed by atoms with E-state index in [2.05, 4.69) is 20.9 Å². The van der Waals surface area contributed by atoms with Gasteiger partial charge in [-0.25, -0.2) is 4.98 Å². The average molecular weight is 320 g/mol. The van der Waals surface area contributed by atoms with Crippen LogP contribution in [-0.2, 0) is 0 Å². The molecule has 1 aromatic carbocycles. The molecule has 0 amide bonds. The Morgan fingerprint density at radius 2 is 2.00 bits per heavy atom. The molecule has 0 fully saturated rings. The van der Waals surface area contributed by atoms with Gasteiger partial charge in [-0.1, -0.05) is 22.9 Å². The summed E-state index contributed by atoms with van der Waals surface area (Å²) in [5, 5.41) is 0. The number of aryl methyl sites for hydroxylation is 1. The first-order valence-corrected chi connectivity index (χ1v) is 6.82. The number of nitrogens with zero attached hydrogens (tertiary/aromatic N) is 1. The van der Waals surface area contributed by atoms with Crippen molar-refractivity contribution in [2.45, 2.75) is 20.3 Å². The predicted molar refractivity (Wildman–Crippen MR) is 77.8 cm³/mol. The summed E-state index contributed by atoms with van der Waals surface area (Å²) in [5.74, 6) is 1.40. The zero-order valence-electron chi connectivity index (χ0n) is 10.8. The van der Waals surface area contributed by atoms with Gasteiger partial charge in [-0.2, -0.15) is 0 Å². The number of pyridine rings is 1. The van der Waals surface area contributed by atoms with Gasteiger partial charge >= 0.3 is 0 Å². The van der Waals surface area contributed by atoms with Crippen molar-refractivity contribution in [2.75, 3.05) is 0 Å². The highest BCUT2D eigenvalue weighted by molar-refractivity contribution is 9.10. The van der Waals surface area contributed by atoms with Crippen LogP contribution in [0.4, 0.5) is 0 Å². The molecule has 0 spiro atoms. The zero-order valence-corrected chi connectivity index (χ0v) is 12.4. The SMILES string of the molecule is CCC(=O)c1ccc(Oc2ccc(Br)c(C)c2)cn1. The number of carbonyl (C=O) groups is 1. The molecule has 0 aliphatic rings. The molecule has 2 aromatic rings. The molecular formula is C15H14BrNO2. The minimum absolute atomic E-state index is 0.0334. The van der Waals surface area contributed by atoms with Gasteiger partial charge in [-0.15, -0.1) is 0 Å². The largest absolute Gasteiger partial charge is 0.456 e. The molecule has 0 bridgehead atoms. The highest BCUT2D eigenvalue weighted by Gasteiger charge is 2.05.